The second kappa shape index (κ2) is 4.45. The van der Waals surface area contributed by atoms with Gasteiger partial charge in [-0.1, -0.05) is 23.7 Å². The molecule has 1 unspecified atom stereocenters. The molecule has 86 valence electrons. The first-order chi connectivity index (χ1) is 7.58. The molecule has 2 N–H and O–H groups in total. The highest BCUT2D eigenvalue weighted by molar-refractivity contribution is 6.34. The van der Waals surface area contributed by atoms with Gasteiger partial charge in [0, 0.05) is 11.9 Å². The van der Waals surface area contributed by atoms with E-state index < -0.39 is 0 Å². The molecule has 1 atom stereocenters. The highest BCUT2D eigenvalue weighted by Gasteiger charge is 2.13. The summed E-state index contributed by atoms with van der Waals surface area (Å²) in [7, 11) is 3.96. The van der Waals surface area contributed by atoms with Crippen molar-refractivity contribution in [1.29, 1.82) is 0 Å². The quantitative estimate of drug-likeness (QED) is 0.894. The van der Waals surface area contributed by atoms with Gasteiger partial charge < -0.3 is 15.1 Å². The maximum atomic E-state index is 6.04. The number of para-hydroxylation sites is 1. The topological polar surface area (TPSA) is 42.4 Å². The van der Waals surface area contributed by atoms with Crippen molar-refractivity contribution in [2.24, 2.45) is 5.73 Å². The molecule has 1 aromatic carbocycles. The number of hydrogen-bond donors (Lipinski definition) is 1. The lowest BCUT2D eigenvalue weighted by Gasteiger charge is -2.14. The number of nitrogens with zero attached hydrogens (tertiary/aromatic N) is 1. The summed E-state index contributed by atoms with van der Waals surface area (Å²) in [5, 5.41) is 1.62. The van der Waals surface area contributed by atoms with Gasteiger partial charge >= 0.3 is 0 Å². The van der Waals surface area contributed by atoms with Gasteiger partial charge in [-0.15, -0.1) is 0 Å². The van der Waals surface area contributed by atoms with Gasteiger partial charge in [0.25, 0.3) is 0 Å². The molecular formula is C12H15ClN2O. The molecule has 0 amide bonds. The van der Waals surface area contributed by atoms with E-state index in [1.165, 1.54) is 0 Å². The Morgan fingerprint density at radius 2 is 2.19 bits per heavy atom. The predicted octanol–water partition coefficient (Wildman–Crippen LogP) is 2.65. The van der Waals surface area contributed by atoms with Gasteiger partial charge in [0.1, 0.15) is 5.76 Å². The molecule has 0 saturated heterocycles. The minimum Gasteiger partial charge on any atom is -0.458 e. The predicted molar refractivity (Wildman–Crippen MR) is 66.7 cm³/mol. The molecule has 0 aliphatic heterocycles. The van der Waals surface area contributed by atoms with Crippen LogP contribution in [0.4, 0.5) is 0 Å². The first kappa shape index (κ1) is 11.5. The zero-order valence-electron chi connectivity index (χ0n) is 9.40. The molecule has 16 heavy (non-hydrogen) atoms. The molecule has 4 heteroatoms. The second-order valence-corrected chi connectivity index (χ2v) is 4.58. The Kier molecular flexibility index (Phi) is 3.19. The number of benzene rings is 1. The minimum absolute atomic E-state index is 0.126. The summed E-state index contributed by atoms with van der Waals surface area (Å²) in [4.78, 5) is 2.03. The molecule has 2 aromatic rings. The van der Waals surface area contributed by atoms with Gasteiger partial charge in [-0.25, -0.2) is 0 Å². The molecule has 0 radical (unpaired) electrons. The van der Waals surface area contributed by atoms with Crippen LogP contribution in [-0.4, -0.2) is 25.5 Å². The van der Waals surface area contributed by atoms with Crippen LogP contribution >= 0.6 is 11.6 Å². The van der Waals surface area contributed by atoms with Crippen molar-refractivity contribution >= 4 is 22.6 Å². The van der Waals surface area contributed by atoms with Crippen molar-refractivity contribution in [1.82, 2.24) is 4.90 Å². The van der Waals surface area contributed by atoms with Crippen LogP contribution in [-0.2, 0) is 0 Å². The van der Waals surface area contributed by atoms with E-state index in [2.05, 4.69) is 0 Å². The Morgan fingerprint density at radius 1 is 1.44 bits per heavy atom. The molecular weight excluding hydrogens is 224 g/mol. The van der Waals surface area contributed by atoms with Crippen LogP contribution in [0.2, 0.25) is 5.02 Å². The third-order valence-corrected chi connectivity index (χ3v) is 2.74. The number of halogens is 1. The molecule has 1 aromatic heterocycles. The molecule has 0 spiro atoms. The van der Waals surface area contributed by atoms with Crippen molar-refractivity contribution in [3.05, 3.63) is 35.0 Å². The lowest BCUT2D eigenvalue weighted by Crippen LogP contribution is -2.25. The average molecular weight is 239 g/mol. The van der Waals surface area contributed by atoms with Crippen molar-refractivity contribution < 1.29 is 4.42 Å². The lowest BCUT2D eigenvalue weighted by atomic mass is 10.2. The maximum absolute atomic E-state index is 6.04. The van der Waals surface area contributed by atoms with Crippen LogP contribution in [0.3, 0.4) is 0 Å². The Bertz CT molecular complexity index is 493. The van der Waals surface area contributed by atoms with E-state index in [1.807, 2.05) is 43.3 Å². The van der Waals surface area contributed by atoms with Crippen LogP contribution in [0.5, 0.6) is 0 Å². The summed E-state index contributed by atoms with van der Waals surface area (Å²) in [6.45, 7) is 0.747. The van der Waals surface area contributed by atoms with Crippen LogP contribution in [0.1, 0.15) is 11.8 Å². The lowest BCUT2D eigenvalue weighted by molar-refractivity contribution is 0.350. The Balaban J connectivity index is 2.36. The van der Waals surface area contributed by atoms with Crippen molar-refractivity contribution in [3.63, 3.8) is 0 Å². The zero-order chi connectivity index (χ0) is 11.7. The molecule has 2 rings (SSSR count). The van der Waals surface area contributed by atoms with Gasteiger partial charge in [0.2, 0.25) is 0 Å². The van der Waals surface area contributed by atoms with Crippen LogP contribution < -0.4 is 5.73 Å². The summed E-state index contributed by atoms with van der Waals surface area (Å²) in [6, 6.07) is 7.51. The molecule has 0 aliphatic rings. The van der Waals surface area contributed by atoms with Gasteiger partial charge in [0.05, 0.1) is 11.1 Å². The Morgan fingerprint density at radius 3 is 2.81 bits per heavy atom. The van der Waals surface area contributed by atoms with Gasteiger partial charge in [0.15, 0.2) is 5.58 Å². The average Bonchev–Trinajstić information content (AvgIpc) is 2.61. The van der Waals surface area contributed by atoms with E-state index in [4.69, 9.17) is 21.8 Å². The monoisotopic (exact) mass is 238 g/mol. The number of rotatable bonds is 3. The van der Waals surface area contributed by atoms with Crippen molar-refractivity contribution in [2.75, 3.05) is 20.6 Å². The van der Waals surface area contributed by atoms with E-state index in [1.54, 1.807) is 0 Å². The van der Waals surface area contributed by atoms with E-state index in [0.717, 1.165) is 17.7 Å². The first-order valence-corrected chi connectivity index (χ1v) is 5.54. The standard InChI is InChI=1S/C12H15ClN2O/c1-15(2)7-10(14)11-6-8-4-3-5-9(13)12(8)16-11/h3-6,10H,7,14H2,1-2H3. The maximum Gasteiger partial charge on any atom is 0.152 e. The zero-order valence-corrected chi connectivity index (χ0v) is 10.2. The minimum atomic E-state index is -0.126. The van der Waals surface area contributed by atoms with Crippen LogP contribution in [0.15, 0.2) is 28.7 Å². The fourth-order valence-electron chi connectivity index (χ4n) is 1.71. The number of hydrogen-bond acceptors (Lipinski definition) is 3. The molecule has 0 bridgehead atoms. The Labute approximate surface area is 99.8 Å². The smallest absolute Gasteiger partial charge is 0.152 e. The summed E-state index contributed by atoms with van der Waals surface area (Å²) in [6.07, 6.45) is 0. The van der Waals surface area contributed by atoms with Gasteiger partial charge in [-0.05, 0) is 26.2 Å². The van der Waals surface area contributed by atoms with Gasteiger partial charge in [-0.2, -0.15) is 0 Å². The summed E-state index contributed by atoms with van der Waals surface area (Å²) in [5.41, 5.74) is 6.75. The highest BCUT2D eigenvalue weighted by Crippen LogP contribution is 2.28. The van der Waals surface area contributed by atoms with E-state index >= 15 is 0 Å². The van der Waals surface area contributed by atoms with Crippen molar-refractivity contribution in [2.45, 2.75) is 6.04 Å². The van der Waals surface area contributed by atoms with E-state index in [0.29, 0.717) is 10.6 Å². The largest absolute Gasteiger partial charge is 0.458 e. The van der Waals surface area contributed by atoms with E-state index in [-0.39, 0.29) is 6.04 Å². The normalized spacial score (nSPS) is 13.6. The summed E-state index contributed by atoms with van der Waals surface area (Å²) >= 11 is 6.04. The second-order valence-electron chi connectivity index (χ2n) is 4.18. The fourth-order valence-corrected chi connectivity index (χ4v) is 1.93. The van der Waals surface area contributed by atoms with E-state index in [9.17, 15) is 0 Å². The Hall–Kier alpha value is -1.03. The molecule has 0 aliphatic carbocycles. The SMILES string of the molecule is CN(C)CC(N)c1cc2cccc(Cl)c2o1. The van der Waals surface area contributed by atoms with Crippen molar-refractivity contribution in [3.8, 4) is 0 Å². The van der Waals surface area contributed by atoms with Crippen LogP contribution in [0.25, 0.3) is 11.0 Å². The fraction of sp³-hybridized carbons (Fsp3) is 0.333. The molecule has 0 fully saturated rings. The summed E-state index contributed by atoms with van der Waals surface area (Å²) in [5.74, 6) is 0.775. The summed E-state index contributed by atoms with van der Waals surface area (Å²) < 4.78 is 5.68. The number of furan rings is 1. The molecule has 0 saturated carbocycles. The van der Waals surface area contributed by atoms with Gasteiger partial charge in [-0.3, -0.25) is 0 Å². The number of likely N-dealkylation sites (N-methyl/N-ethyl adjacent to an activating group) is 1. The first-order valence-electron chi connectivity index (χ1n) is 5.16. The molecule has 1 heterocycles. The third-order valence-electron chi connectivity index (χ3n) is 2.44. The molecule has 3 nitrogen and oxygen atoms in total. The highest BCUT2D eigenvalue weighted by atomic mass is 35.5. The third kappa shape index (κ3) is 2.21. The number of nitrogens with two attached hydrogens (primary N) is 1. The number of fused-ring (bicyclic) bond motifs is 1. The van der Waals surface area contributed by atoms with Crippen LogP contribution in [0, 0.1) is 0 Å².